The lowest BCUT2D eigenvalue weighted by molar-refractivity contribution is -0.155. The highest BCUT2D eigenvalue weighted by Crippen LogP contribution is 2.66. The zero-order valence-corrected chi connectivity index (χ0v) is 13.7. The third kappa shape index (κ3) is 1.87. The molecular formula is C17H28N2O2. The van der Waals surface area contributed by atoms with Crippen LogP contribution >= 0.6 is 0 Å². The van der Waals surface area contributed by atoms with Crippen LogP contribution in [-0.4, -0.2) is 24.9 Å². The first-order chi connectivity index (χ1) is 10.0. The Hall–Kier alpha value is -1.32. The average Bonchev–Trinajstić information content (AvgIpc) is 3.05. The van der Waals surface area contributed by atoms with E-state index in [1.807, 2.05) is 27.7 Å². The number of rotatable bonds is 6. The number of nitrogens with one attached hydrogen (secondary N) is 2. The van der Waals surface area contributed by atoms with Crippen molar-refractivity contribution >= 4 is 11.8 Å². The van der Waals surface area contributed by atoms with Gasteiger partial charge < -0.3 is 10.6 Å². The Labute approximate surface area is 127 Å². The lowest BCUT2D eigenvalue weighted by Gasteiger charge is -2.48. The summed E-state index contributed by atoms with van der Waals surface area (Å²) >= 11 is 0. The van der Waals surface area contributed by atoms with E-state index in [4.69, 9.17) is 0 Å². The summed E-state index contributed by atoms with van der Waals surface area (Å²) in [6.07, 6.45) is 6.66. The Morgan fingerprint density at radius 2 is 1.29 bits per heavy atom. The summed E-state index contributed by atoms with van der Waals surface area (Å²) in [4.78, 5) is 25.9. The van der Waals surface area contributed by atoms with Gasteiger partial charge in [-0.25, -0.2) is 0 Å². The molecule has 2 rings (SSSR count). The van der Waals surface area contributed by atoms with Gasteiger partial charge >= 0.3 is 0 Å². The van der Waals surface area contributed by atoms with Gasteiger partial charge in [-0.05, 0) is 44.9 Å². The minimum absolute atomic E-state index is 0.0532. The smallest absolute Gasteiger partial charge is 0.227 e. The Morgan fingerprint density at radius 1 is 0.905 bits per heavy atom. The standard InChI is InChI=1S/C17H28N2O2/c1-5-16(14(20)18-7-3)12-9-10-13(11-12)17(16,6-2)15(21)19-8-4/h9-10,12-13H,5-8,11H2,1-4H3,(H,18,20)(H,19,21). The van der Waals surface area contributed by atoms with E-state index in [0.717, 1.165) is 6.42 Å². The van der Waals surface area contributed by atoms with Gasteiger partial charge in [-0.1, -0.05) is 26.0 Å². The normalized spacial score (nSPS) is 36.8. The second kappa shape index (κ2) is 5.82. The van der Waals surface area contributed by atoms with Gasteiger partial charge in [0.1, 0.15) is 0 Å². The van der Waals surface area contributed by atoms with Gasteiger partial charge in [-0.3, -0.25) is 9.59 Å². The van der Waals surface area contributed by atoms with E-state index in [2.05, 4.69) is 22.8 Å². The predicted octanol–water partition coefficient (Wildman–Crippen LogP) is 2.26. The minimum atomic E-state index is -0.601. The third-order valence-corrected chi connectivity index (χ3v) is 5.75. The quantitative estimate of drug-likeness (QED) is 0.738. The van der Waals surface area contributed by atoms with Crippen molar-refractivity contribution in [2.24, 2.45) is 22.7 Å². The van der Waals surface area contributed by atoms with Crippen molar-refractivity contribution in [1.82, 2.24) is 10.6 Å². The number of fused-ring (bicyclic) bond motifs is 2. The second-order valence-electron chi connectivity index (χ2n) is 6.20. The fourth-order valence-corrected chi connectivity index (χ4v) is 4.95. The molecule has 2 aliphatic rings. The molecule has 1 saturated carbocycles. The second-order valence-corrected chi connectivity index (χ2v) is 6.20. The molecule has 21 heavy (non-hydrogen) atoms. The molecule has 0 aliphatic heterocycles. The molecular weight excluding hydrogens is 264 g/mol. The maximum absolute atomic E-state index is 12.9. The van der Waals surface area contributed by atoms with Gasteiger partial charge in [0.15, 0.2) is 0 Å². The molecule has 118 valence electrons. The first kappa shape index (κ1) is 16.1. The van der Waals surface area contributed by atoms with Crippen LogP contribution in [0.2, 0.25) is 0 Å². The van der Waals surface area contributed by atoms with E-state index in [9.17, 15) is 9.59 Å². The molecule has 2 aliphatic carbocycles. The Morgan fingerprint density at radius 3 is 1.57 bits per heavy atom. The first-order valence-corrected chi connectivity index (χ1v) is 8.29. The monoisotopic (exact) mass is 292 g/mol. The Balaban J connectivity index is 2.56. The van der Waals surface area contributed by atoms with Crippen LogP contribution in [0.3, 0.4) is 0 Å². The summed E-state index contributed by atoms with van der Waals surface area (Å²) in [5.74, 6) is 0.470. The number of allylic oxidation sites excluding steroid dienone is 2. The van der Waals surface area contributed by atoms with E-state index < -0.39 is 10.8 Å². The Kier molecular flexibility index (Phi) is 4.45. The molecule has 0 saturated heterocycles. The number of carbonyl (C=O) groups is 2. The van der Waals surface area contributed by atoms with Crippen LogP contribution in [0.5, 0.6) is 0 Å². The zero-order chi connectivity index (χ0) is 15.7. The van der Waals surface area contributed by atoms with Crippen LogP contribution in [0.4, 0.5) is 0 Å². The summed E-state index contributed by atoms with van der Waals surface area (Å²) < 4.78 is 0. The van der Waals surface area contributed by atoms with Crippen molar-refractivity contribution < 1.29 is 9.59 Å². The van der Waals surface area contributed by atoms with E-state index in [1.165, 1.54) is 0 Å². The largest absolute Gasteiger partial charge is 0.356 e. The van der Waals surface area contributed by atoms with Gasteiger partial charge in [0.05, 0.1) is 10.8 Å². The highest BCUT2D eigenvalue weighted by atomic mass is 16.2. The molecule has 1 fully saturated rings. The van der Waals surface area contributed by atoms with Gasteiger partial charge in [0, 0.05) is 13.1 Å². The van der Waals surface area contributed by atoms with Crippen LogP contribution in [0.1, 0.15) is 47.0 Å². The summed E-state index contributed by atoms with van der Waals surface area (Å²) in [7, 11) is 0. The van der Waals surface area contributed by atoms with Crippen LogP contribution in [0.25, 0.3) is 0 Å². The van der Waals surface area contributed by atoms with Crippen LogP contribution in [0, 0.1) is 22.7 Å². The lowest BCUT2D eigenvalue weighted by atomic mass is 9.54. The van der Waals surface area contributed by atoms with Crippen molar-refractivity contribution in [2.75, 3.05) is 13.1 Å². The van der Waals surface area contributed by atoms with E-state index in [-0.39, 0.29) is 23.7 Å². The van der Waals surface area contributed by atoms with Crippen LogP contribution in [0.15, 0.2) is 12.2 Å². The molecule has 0 aromatic rings. The third-order valence-electron chi connectivity index (χ3n) is 5.75. The number of carbonyl (C=O) groups excluding carboxylic acids is 2. The molecule has 4 nitrogen and oxygen atoms in total. The maximum Gasteiger partial charge on any atom is 0.227 e. The molecule has 0 heterocycles. The fraction of sp³-hybridized carbons (Fsp3) is 0.765. The summed E-state index contributed by atoms with van der Waals surface area (Å²) in [5, 5.41) is 5.99. The predicted molar refractivity (Wildman–Crippen MR) is 83.6 cm³/mol. The summed E-state index contributed by atoms with van der Waals surface area (Å²) in [5.41, 5.74) is -1.20. The van der Waals surface area contributed by atoms with Gasteiger partial charge in [0.25, 0.3) is 0 Å². The van der Waals surface area contributed by atoms with Crippen molar-refractivity contribution in [3.63, 3.8) is 0 Å². The number of hydrogen-bond donors (Lipinski definition) is 2. The van der Waals surface area contributed by atoms with Crippen molar-refractivity contribution in [3.8, 4) is 0 Å². The molecule has 4 atom stereocenters. The number of hydrogen-bond acceptors (Lipinski definition) is 2. The SMILES string of the molecule is CCNC(=O)C1(CC)C2C=CC(C2)C1(CC)C(=O)NCC. The molecule has 2 bridgehead atoms. The van der Waals surface area contributed by atoms with E-state index in [1.54, 1.807) is 0 Å². The van der Waals surface area contributed by atoms with Crippen molar-refractivity contribution in [1.29, 1.82) is 0 Å². The van der Waals surface area contributed by atoms with Gasteiger partial charge in [-0.15, -0.1) is 0 Å². The van der Waals surface area contributed by atoms with Crippen LogP contribution in [-0.2, 0) is 9.59 Å². The highest BCUT2D eigenvalue weighted by Gasteiger charge is 2.70. The average molecular weight is 292 g/mol. The van der Waals surface area contributed by atoms with Gasteiger partial charge in [0.2, 0.25) is 11.8 Å². The maximum atomic E-state index is 12.9. The molecule has 0 radical (unpaired) electrons. The first-order valence-electron chi connectivity index (χ1n) is 8.29. The zero-order valence-electron chi connectivity index (χ0n) is 13.7. The molecule has 4 heteroatoms. The molecule has 2 N–H and O–H groups in total. The van der Waals surface area contributed by atoms with E-state index >= 15 is 0 Å². The number of amides is 2. The summed E-state index contributed by atoms with van der Waals surface area (Å²) in [6.45, 7) is 9.18. The highest BCUT2D eigenvalue weighted by molar-refractivity contribution is 5.95. The van der Waals surface area contributed by atoms with Crippen molar-refractivity contribution in [2.45, 2.75) is 47.0 Å². The van der Waals surface area contributed by atoms with Crippen LogP contribution < -0.4 is 10.6 Å². The topological polar surface area (TPSA) is 58.2 Å². The lowest BCUT2D eigenvalue weighted by Crippen LogP contribution is -2.60. The molecule has 2 amide bonds. The molecule has 4 unspecified atom stereocenters. The van der Waals surface area contributed by atoms with Crippen molar-refractivity contribution in [3.05, 3.63) is 12.2 Å². The van der Waals surface area contributed by atoms with Gasteiger partial charge in [-0.2, -0.15) is 0 Å². The molecule has 0 aromatic carbocycles. The summed E-state index contributed by atoms with van der Waals surface area (Å²) in [6, 6.07) is 0. The van der Waals surface area contributed by atoms with E-state index in [0.29, 0.717) is 25.9 Å². The fourth-order valence-electron chi connectivity index (χ4n) is 4.95. The minimum Gasteiger partial charge on any atom is -0.356 e. The molecule has 0 spiro atoms. The Bertz CT molecular complexity index is 420. The molecule has 0 aromatic heterocycles.